The van der Waals surface area contributed by atoms with E-state index in [1.807, 2.05) is 38.4 Å². The highest BCUT2D eigenvalue weighted by Crippen LogP contribution is 2.21. The first kappa shape index (κ1) is 18.1. The summed E-state index contributed by atoms with van der Waals surface area (Å²) in [5.41, 5.74) is 0. The van der Waals surface area contributed by atoms with E-state index in [1.54, 1.807) is 23.8 Å². The molecule has 0 fully saturated rings. The third-order valence-electron chi connectivity index (χ3n) is 2.54. The minimum atomic E-state index is 0. The summed E-state index contributed by atoms with van der Waals surface area (Å²) in [5.74, 6) is 1.44. The SMILES string of the molecule is CNCCN(C)C(=O)CSc1ccc(OC)cc1.Cl. The van der Waals surface area contributed by atoms with Crippen LogP contribution in [0.5, 0.6) is 5.75 Å². The number of carbonyl (C=O) groups is 1. The second-order valence-corrected chi connectivity index (χ2v) is 4.93. The zero-order chi connectivity index (χ0) is 13.4. The average molecular weight is 305 g/mol. The van der Waals surface area contributed by atoms with Crippen molar-refractivity contribution in [2.24, 2.45) is 0 Å². The fraction of sp³-hybridized carbons (Fsp3) is 0.462. The van der Waals surface area contributed by atoms with Crippen molar-refractivity contribution in [3.63, 3.8) is 0 Å². The van der Waals surface area contributed by atoms with E-state index in [4.69, 9.17) is 4.74 Å². The highest BCUT2D eigenvalue weighted by molar-refractivity contribution is 8.00. The Hall–Kier alpha value is -0.910. The minimum absolute atomic E-state index is 0. The van der Waals surface area contributed by atoms with Crippen molar-refractivity contribution in [1.29, 1.82) is 0 Å². The van der Waals surface area contributed by atoms with Crippen LogP contribution in [-0.4, -0.2) is 50.9 Å². The predicted octanol–water partition coefficient (Wildman–Crippen LogP) is 1.89. The number of carbonyl (C=O) groups excluding carboxylic acids is 1. The van der Waals surface area contributed by atoms with Crippen LogP contribution in [0.3, 0.4) is 0 Å². The zero-order valence-corrected chi connectivity index (χ0v) is 13.1. The third kappa shape index (κ3) is 6.71. The Bertz CT molecular complexity index is 373. The Morgan fingerprint density at radius 2 is 2.00 bits per heavy atom. The van der Waals surface area contributed by atoms with Gasteiger partial charge in [-0.15, -0.1) is 24.2 Å². The molecule has 108 valence electrons. The molecule has 0 aliphatic heterocycles. The van der Waals surface area contributed by atoms with Gasteiger partial charge in [-0.1, -0.05) is 0 Å². The van der Waals surface area contributed by atoms with E-state index in [9.17, 15) is 4.79 Å². The molecule has 19 heavy (non-hydrogen) atoms. The summed E-state index contributed by atoms with van der Waals surface area (Å²) in [6, 6.07) is 7.73. The second-order valence-electron chi connectivity index (χ2n) is 3.88. The molecule has 0 unspecified atom stereocenters. The number of benzene rings is 1. The molecule has 0 aromatic heterocycles. The minimum Gasteiger partial charge on any atom is -0.497 e. The maximum atomic E-state index is 11.8. The first-order valence-corrected chi connectivity index (χ1v) is 6.81. The molecule has 0 aliphatic carbocycles. The molecular weight excluding hydrogens is 284 g/mol. The standard InChI is InChI=1S/C13H20N2O2S.ClH/c1-14-8-9-15(2)13(16)10-18-12-6-4-11(17-3)5-7-12;/h4-7,14H,8-10H2,1-3H3;1H. The number of nitrogens with one attached hydrogen (secondary N) is 1. The molecule has 1 amide bonds. The summed E-state index contributed by atoms with van der Waals surface area (Å²) in [6.07, 6.45) is 0. The molecule has 0 aliphatic rings. The van der Waals surface area contributed by atoms with Crippen molar-refractivity contribution >= 4 is 30.1 Å². The van der Waals surface area contributed by atoms with Gasteiger partial charge in [0, 0.05) is 25.0 Å². The van der Waals surface area contributed by atoms with Crippen LogP contribution < -0.4 is 10.1 Å². The van der Waals surface area contributed by atoms with Crippen molar-refractivity contribution in [2.45, 2.75) is 4.90 Å². The maximum Gasteiger partial charge on any atom is 0.232 e. The Labute approximate surface area is 125 Å². The molecule has 0 heterocycles. The second kappa shape index (κ2) is 9.95. The number of thioether (sulfide) groups is 1. The van der Waals surface area contributed by atoms with Gasteiger partial charge in [-0.2, -0.15) is 0 Å². The summed E-state index contributed by atoms with van der Waals surface area (Å²) in [5, 5.41) is 3.03. The van der Waals surface area contributed by atoms with E-state index in [0.29, 0.717) is 5.75 Å². The summed E-state index contributed by atoms with van der Waals surface area (Å²) < 4.78 is 5.09. The lowest BCUT2D eigenvalue weighted by Crippen LogP contribution is -2.33. The van der Waals surface area contributed by atoms with E-state index in [0.717, 1.165) is 23.7 Å². The lowest BCUT2D eigenvalue weighted by Gasteiger charge is -2.16. The van der Waals surface area contributed by atoms with E-state index in [1.165, 1.54) is 0 Å². The number of halogens is 1. The molecule has 0 radical (unpaired) electrons. The third-order valence-corrected chi connectivity index (χ3v) is 3.54. The van der Waals surface area contributed by atoms with Crippen LogP contribution in [0.1, 0.15) is 0 Å². The van der Waals surface area contributed by atoms with Gasteiger partial charge >= 0.3 is 0 Å². The van der Waals surface area contributed by atoms with Gasteiger partial charge in [-0.25, -0.2) is 0 Å². The van der Waals surface area contributed by atoms with Crippen LogP contribution in [0, 0.1) is 0 Å². The summed E-state index contributed by atoms with van der Waals surface area (Å²) in [7, 11) is 5.35. The quantitative estimate of drug-likeness (QED) is 0.781. The number of methoxy groups -OCH3 is 1. The first-order chi connectivity index (χ1) is 8.67. The molecule has 6 heteroatoms. The van der Waals surface area contributed by atoms with E-state index in [2.05, 4.69) is 5.32 Å². The predicted molar refractivity (Wildman–Crippen MR) is 82.5 cm³/mol. The van der Waals surface area contributed by atoms with Gasteiger partial charge in [-0.05, 0) is 31.3 Å². The van der Waals surface area contributed by atoms with E-state index < -0.39 is 0 Å². The lowest BCUT2D eigenvalue weighted by atomic mass is 10.3. The van der Waals surface area contributed by atoms with Gasteiger partial charge in [0.15, 0.2) is 0 Å². The molecule has 4 nitrogen and oxygen atoms in total. The number of rotatable bonds is 7. The number of ether oxygens (including phenoxy) is 1. The van der Waals surface area contributed by atoms with Crippen LogP contribution in [0.15, 0.2) is 29.2 Å². The molecule has 0 saturated carbocycles. The van der Waals surface area contributed by atoms with Gasteiger partial charge in [0.25, 0.3) is 0 Å². The van der Waals surface area contributed by atoms with Gasteiger partial charge in [-0.3, -0.25) is 4.79 Å². The summed E-state index contributed by atoms with van der Waals surface area (Å²) in [6.45, 7) is 1.55. The Kier molecular flexibility index (Phi) is 9.47. The normalized spacial score (nSPS) is 9.63. The number of likely N-dealkylation sites (N-methyl/N-ethyl adjacent to an activating group) is 2. The Balaban J connectivity index is 0.00000324. The molecule has 0 atom stereocenters. The van der Waals surface area contributed by atoms with Crippen molar-refractivity contribution in [1.82, 2.24) is 10.2 Å². The summed E-state index contributed by atoms with van der Waals surface area (Å²) in [4.78, 5) is 14.6. The number of nitrogens with zero attached hydrogens (tertiary/aromatic N) is 1. The van der Waals surface area contributed by atoms with Crippen LogP contribution in [0.25, 0.3) is 0 Å². The lowest BCUT2D eigenvalue weighted by molar-refractivity contribution is -0.127. The highest BCUT2D eigenvalue weighted by atomic mass is 35.5. The van der Waals surface area contributed by atoms with Crippen molar-refractivity contribution in [2.75, 3.05) is 40.0 Å². The van der Waals surface area contributed by atoms with Crippen molar-refractivity contribution in [3.05, 3.63) is 24.3 Å². The maximum absolute atomic E-state index is 11.8. The van der Waals surface area contributed by atoms with Crippen LogP contribution in [-0.2, 0) is 4.79 Å². The van der Waals surface area contributed by atoms with Crippen molar-refractivity contribution in [3.8, 4) is 5.75 Å². The van der Waals surface area contributed by atoms with Crippen LogP contribution in [0.4, 0.5) is 0 Å². The number of hydrogen-bond acceptors (Lipinski definition) is 4. The van der Waals surface area contributed by atoms with Gasteiger partial charge in [0.05, 0.1) is 12.9 Å². The van der Waals surface area contributed by atoms with Crippen LogP contribution >= 0.6 is 24.2 Å². The average Bonchev–Trinajstić information content (AvgIpc) is 2.42. The topological polar surface area (TPSA) is 41.6 Å². The van der Waals surface area contributed by atoms with E-state index in [-0.39, 0.29) is 18.3 Å². The molecule has 0 bridgehead atoms. The Morgan fingerprint density at radius 1 is 1.37 bits per heavy atom. The number of amides is 1. The monoisotopic (exact) mass is 304 g/mol. The molecule has 1 aromatic rings. The molecule has 1 rings (SSSR count). The van der Waals surface area contributed by atoms with E-state index >= 15 is 0 Å². The van der Waals surface area contributed by atoms with Crippen LogP contribution in [0.2, 0.25) is 0 Å². The fourth-order valence-electron chi connectivity index (χ4n) is 1.33. The molecule has 0 spiro atoms. The van der Waals surface area contributed by atoms with Gasteiger partial charge < -0.3 is 15.0 Å². The smallest absolute Gasteiger partial charge is 0.232 e. The molecule has 0 saturated heterocycles. The van der Waals surface area contributed by atoms with Crippen molar-refractivity contribution < 1.29 is 9.53 Å². The van der Waals surface area contributed by atoms with Gasteiger partial charge in [0.2, 0.25) is 5.91 Å². The largest absolute Gasteiger partial charge is 0.497 e. The molecular formula is C13H21ClN2O2S. The Morgan fingerprint density at radius 3 is 2.53 bits per heavy atom. The molecule has 1 N–H and O–H groups in total. The summed E-state index contributed by atoms with van der Waals surface area (Å²) >= 11 is 1.54. The number of hydrogen-bond donors (Lipinski definition) is 1. The fourth-order valence-corrected chi connectivity index (χ4v) is 2.17. The zero-order valence-electron chi connectivity index (χ0n) is 11.5. The molecule has 1 aromatic carbocycles. The van der Waals surface area contributed by atoms with Gasteiger partial charge in [0.1, 0.15) is 5.75 Å². The highest BCUT2D eigenvalue weighted by Gasteiger charge is 2.08. The first-order valence-electron chi connectivity index (χ1n) is 5.82.